The van der Waals surface area contributed by atoms with E-state index in [1.54, 1.807) is 30.6 Å². The summed E-state index contributed by atoms with van der Waals surface area (Å²) in [5.74, 6) is 0.929. The zero-order chi connectivity index (χ0) is 26.9. The average molecular weight is 544 g/mol. The van der Waals surface area contributed by atoms with Gasteiger partial charge in [0, 0.05) is 67.2 Å². The van der Waals surface area contributed by atoms with E-state index in [1.165, 1.54) is 18.0 Å². The van der Waals surface area contributed by atoms with E-state index < -0.39 is 11.7 Å². The lowest BCUT2D eigenvalue weighted by Gasteiger charge is -2.41. The third-order valence-electron chi connectivity index (χ3n) is 6.97. The molecule has 2 N–H and O–H groups in total. The van der Waals surface area contributed by atoms with E-state index in [0.29, 0.717) is 31.0 Å². The zero-order valence-electron chi connectivity index (χ0n) is 21.0. The van der Waals surface area contributed by atoms with Gasteiger partial charge in [-0.1, -0.05) is 18.0 Å². The van der Waals surface area contributed by atoms with E-state index in [4.69, 9.17) is 0 Å². The van der Waals surface area contributed by atoms with Crippen molar-refractivity contribution in [3.8, 4) is 0 Å². The van der Waals surface area contributed by atoms with Crippen molar-refractivity contribution >= 4 is 35.3 Å². The Balaban J connectivity index is 1.21. The lowest BCUT2D eigenvalue weighted by atomic mass is 9.96. The Hall–Kier alpha value is -3.38. The molecule has 12 heteroatoms. The summed E-state index contributed by atoms with van der Waals surface area (Å²) < 4.78 is 42.2. The highest BCUT2D eigenvalue weighted by Gasteiger charge is 2.35. The van der Waals surface area contributed by atoms with Crippen LogP contribution in [0.15, 0.2) is 48.8 Å². The van der Waals surface area contributed by atoms with Gasteiger partial charge in [-0.2, -0.15) is 13.2 Å². The fourth-order valence-electron chi connectivity index (χ4n) is 5.07. The maximum absolute atomic E-state index is 13.2. The van der Waals surface area contributed by atoms with Gasteiger partial charge in [0.1, 0.15) is 5.82 Å². The molecule has 2 atom stereocenters. The van der Waals surface area contributed by atoms with E-state index in [-0.39, 0.29) is 29.6 Å². The molecular formula is C26H28F3N7OS. The Labute approximate surface area is 223 Å². The minimum atomic E-state index is -4.42. The van der Waals surface area contributed by atoms with Crippen LogP contribution in [0.1, 0.15) is 46.9 Å². The molecule has 0 radical (unpaired) electrons. The molecule has 1 amide bonds. The summed E-state index contributed by atoms with van der Waals surface area (Å²) in [6.07, 6.45) is 2.54. The molecular weight excluding hydrogens is 515 g/mol. The lowest BCUT2D eigenvalue weighted by molar-refractivity contribution is -0.137. The molecule has 3 aromatic rings. The number of hydrogen-bond donors (Lipinski definition) is 2. The Morgan fingerprint density at radius 1 is 1.16 bits per heavy atom. The molecule has 8 nitrogen and oxygen atoms in total. The number of halogens is 3. The quantitative estimate of drug-likeness (QED) is 0.404. The molecule has 0 unspecified atom stereocenters. The number of pyridine rings is 1. The monoisotopic (exact) mass is 543 g/mol. The van der Waals surface area contributed by atoms with Crippen molar-refractivity contribution in [1.82, 2.24) is 24.8 Å². The molecule has 2 aromatic heterocycles. The highest BCUT2D eigenvalue weighted by atomic mass is 32.2. The van der Waals surface area contributed by atoms with Gasteiger partial charge in [0.15, 0.2) is 0 Å². The number of fused-ring (bicyclic) bond motifs is 1. The summed E-state index contributed by atoms with van der Waals surface area (Å²) in [6, 6.07) is 8.86. The maximum atomic E-state index is 13.2. The van der Waals surface area contributed by atoms with Crippen molar-refractivity contribution in [1.29, 1.82) is 0 Å². The number of nitrogens with zero attached hydrogens (tertiary/aromatic N) is 5. The highest BCUT2D eigenvalue weighted by Crippen LogP contribution is 2.33. The molecule has 0 saturated carbocycles. The molecule has 2 aliphatic heterocycles. The fourth-order valence-corrected chi connectivity index (χ4v) is 5.39. The summed E-state index contributed by atoms with van der Waals surface area (Å²) in [5.41, 5.74) is 2.05. The van der Waals surface area contributed by atoms with Crippen LogP contribution in [0.3, 0.4) is 0 Å². The molecule has 2 aliphatic rings. The summed E-state index contributed by atoms with van der Waals surface area (Å²) in [7, 11) is 0. The van der Waals surface area contributed by atoms with E-state index in [9.17, 15) is 18.0 Å². The van der Waals surface area contributed by atoms with E-state index in [0.717, 1.165) is 36.2 Å². The van der Waals surface area contributed by atoms with Crippen molar-refractivity contribution in [3.05, 3.63) is 71.2 Å². The van der Waals surface area contributed by atoms with Crippen molar-refractivity contribution in [3.63, 3.8) is 0 Å². The molecule has 5 rings (SSSR count). The maximum Gasteiger partial charge on any atom is 0.416 e. The van der Waals surface area contributed by atoms with E-state index >= 15 is 0 Å². The predicted molar refractivity (Wildman–Crippen MR) is 141 cm³/mol. The molecule has 1 saturated heterocycles. The number of likely N-dealkylation sites (tertiary alicyclic amines) is 1. The minimum Gasteiger partial charge on any atom is -0.336 e. The second-order valence-corrected chi connectivity index (χ2v) is 10.1. The summed E-state index contributed by atoms with van der Waals surface area (Å²) in [4.78, 5) is 30.6. The van der Waals surface area contributed by atoms with Crippen LogP contribution < -0.4 is 10.0 Å². The number of piperidine rings is 1. The number of amides is 1. The molecule has 0 aliphatic carbocycles. The van der Waals surface area contributed by atoms with Crippen LogP contribution in [-0.4, -0.2) is 55.5 Å². The first kappa shape index (κ1) is 26.2. The number of anilines is 3. The molecule has 1 aromatic carbocycles. The number of aromatic nitrogens is 3. The zero-order valence-corrected chi connectivity index (χ0v) is 21.8. The Morgan fingerprint density at radius 3 is 2.76 bits per heavy atom. The molecule has 38 heavy (non-hydrogen) atoms. The summed E-state index contributed by atoms with van der Waals surface area (Å²) in [6.45, 7) is 4.07. The number of carbonyl (C=O) groups excluding carboxylic acids is 1. The van der Waals surface area contributed by atoms with Crippen LogP contribution in [0, 0.1) is 0 Å². The first-order valence-electron chi connectivity index (χ1n) is 12.3. The predicted octanol–water partition coefficient (Wildman–Crippen LogP) is 5.33. The Bertz CT molecular complexity index is 1320. The van der Waals surface area contributed by atoms with Gasteiger partial charge in [-0.3, -0.25) is 9.69 Å². The average Bonchev–Trinajstić information content (AvgIpc) is 3.32. The number of benzene rings is 1. The smallest absolute Gasteiger partial charge is 0.336 e. The van der Waals surface area contributed by atoms with Gasteiger partial charge in [-0.25, -0.2) is 15.0 Å². The number of hydrogen-bond acceptors (Lipinski definition) is 8. The van der Waals surface area contributed by atoms with Crippen LogP contribution in [0.2, 0.25) is 0 Å². The second kappa shape index (κ2) is 10.8. The molecule has 1 fully saturated rings. The topological polar surface area (TPSA) is 86.3 Å². The number of nitrogens with one attached hydrogen (secondary N) is 2. The van der Waals surface area contributed by atoms with Gasteiger partial charge in [0.05, 0.1) is 11.3 Å². The van der Waals surface area contributed by atoms with Crippen molar-refractivity contribution in [2.75, 3.05) is 22.8 Å². The van der Waals surface area contributed by atoms with Crippen molar-refractivity contribution in [2.45, 2.75) is 51.1 Å². The van der Waals surface area contributed by atoms with Crippen LogP contribution in [0.25, 0.3) is 0 Å². The van der Waals surface area contributed by atoms with Crippen LogP contribution >= 0.6 is 11.9 Å². The Kier molecular flexibility index (Phi) is 7.44. The minimum absolute atomic E-state index is 0.00314. The standard InChI is InChI=1S/C26H28F3N7OS/c1-16-10-21(7-9-36(16)24(37)17-6-8-30-23(11-17)34-38-2)35-14-18-13-31-25(33-22(18)15-35)32-20-5-3-4-19(12-20)26(27,28)29/h3-6,8,11-13,16,21H,7,9-10,14-15H2,1-2H3,(H,30,34)(H,31,32,33)/t16-,21+/m1/s1. The largest absolute Gasteiger partial charge is 0.416 e. The third kappa shape index (κ3) is 5.70. The first-order valence-corrected chi connectivity index (χ1v) is 13.5. The van der Waals surface area contributed by atoms with E-state index in [1.807, 2.05) is 11.2 Å². The van der Waals surface area contributed by atoms with Crippen LogP contribution in [0.5, 0.6) is 0 Å². The van der Waals surface area contributed by atoms with Gasteiger partial charge in [-0.05, 0) is 50.1 Å². The number of alkyl halides is 3. The molecule has 0 bridgehead atoms. The second-order valence-electron chi connectivity index (χ2n) is 9.54. The summed E-state index contributed by atoms with van der Waals surface area (Å²) in [5, 5.41) is 2.90. The van der Waals surface area contributed by atoms with Gasteiger partial charge in [-0.15, -0.1) is 0 Å². The third-order valence-corrected chi connectivity index (χ3v) is 7.38. The first-order chi connectivity index (χ1) is 18.2. The lowest BCUT2D eigenvalue weighted by Crippen LogP contribution is -2.50. The summed E-state index contributed by atoms with van der Waals surface area (Å²) >= 11 is 1.43. The van der Waals surface area contributed by atoms with Gasteiger partial charge < -0.3 is 14.9 Å². The van der Waals surface area contributed by atoms with E-state index in [2.05, 4.69) is 36.8 Å². The van der Waals surface area contributed by atoms with Gasteiger partial charge in [0.25, 0.3) is 5.91 Å². The number of carbonyl (C=O) groups is 1. The highest BCUT2D eigenvalue weighted by molar-refractivity contribution is 7.99. The fraction of sp³-hybridized carbons (Fsp3) is 0.385. The SMILES string of the molecule is CSNc1cc(C(=O)N2CC[C@H](N3Cc4cnc(Nc5cccc(C(F)(F)F)c5)nc4C3)C[C@H]2C)ccn1. The van der Waals surface area contributed by atoms with Crippen LogP contribution in [0.4, 0.5) is 30.6 Å². The van der Waals surface area contributed by atoms with Crippen molar-refractivity contribution in [2.24, 2.45) is 0 Å². The molecule has 200 valence electrons. The van der Waals surface area contributed by atoms with Gasteiger partial charge in [0.2, 0.25) is 5.95 Å². The van der Waals surface area contributed by atoms with Crippen molar-refractivity contribution < 1.29 is 18.0 Å². The Morgan fingerprint density at radius 2 is 2.00 bits per heavy atom. The van der Waals surface area contributed by atoms with Crippen LogP contribution in [-0.2, 0) is 19.3 Å². The number of rotatable bonds is 6. The van der Waals surface area contributed by atoms with Gasteiger partial charge >= 0.3 is 6.18 Å². The molecule has 0 spiro atoms. The molecule has 4 heterocycles. The normalized spacial score (nSPS) is 19.8.